The number of aromatic nitrogens is 3. The summed E-state index contributed by atoms with van der Waals surface area (Å²) in [6.07, 6.45) is 7.14. The molecule has 5 nitrogen and oxygen atoms in total. The number of rotatable bonds is 6. The van der Waals surface area contributed by atoms with Crippen LogP contribution in [0.2, 0.25) is 0 Å². The van der Waals surface area contributed by atoms with Gasteiger partial charge in [-0.1, -0.05) is 6.92 Å². The van der Waals surface area contributed by atoms with Crippen molar-refractivity contribution in [3.8, 4) is 0 Å². The molecule has 2 heterocycles. The summed E-state index contributed by atoms with van der Waals surface area (Å²) in [4.78, 5) is 12.7. The second-order valence-electron chi connectivity index (χ2n) is 4.41. The van der Waals surface area contributed by atoms with Crippen molar-refractivity contribution in [2.75, 3.05) is 12.3 Å². The number of nitrogens with one attached hydrogen (secondary N) is 1. The Labute approximate surface area is 113 Å². The SMILES string of the molecule is CCCNC(Cc1ccnc(N)c1)c1ncccn1. The maximum atomic E-state index is 5.71. The quantitative estimate of drug-likeness (QED) is 0.824. The van der Waals surface area contributed by atoms with Gasteiger partial charge in [-0.05, 0) is 43.1 Å². The highest BCUT2D eigenvalue weighted by Gasteiger charge is 2.14. The molecule has 0 bridgehead atoms. The molecule has 0 aliphatic rings. The summed E-state index contributed by atoms with van der Waals surface area (Å²) in [6, 6.07) is 5.79. The van der Waals surface area contributed by atoms with E-state index in [0.717, 1.165) is 30.8 Å². The van der Waals surface area contributed by atoms with E-state index in [9.17, 15) is 0 Å². The molecular formula is C14H19N5. The molecule has 2 rings (SSSR count). The van der Waals surface area contributed by atoms with Crippen LogP contribution >= 0.6 is 0 Å². The molecule has 0 spiro atoms. The van der Waals surface area contributed by atoms with E-state index in [0.29, 0.717) is 5.82 Å². The van der Waals surface area contributed by atoms with E-state index in [1.165, 1.54) is 0 Å². The Morgan fingerprint density at radius 3 is 2.68 bits per heavy atom. The molecule has 0 saturated carbocycles. The molecule has 100 valence electrons. The molecule has 3 N–H and O–H groups in total. The first-order chi connectivity index (χ1) is 9.29. The predicted octanol–water partition coefficient (Wildman–Crippen LogP) is 1.74. The summed E-state index contributed by atoms with van der Waals surface area (Å²) < 4.78 is 0. The zero-order valence-corrected chi connectivity index (χ0v) is 11.1. The summed E-state index contributed by atoms with van der Waals surface area (Å²) in [5, 5.41) is 3.47. The third-order valence-corrected chi connectivity index (χ3v) is 2.82. The molecule has 2 aromatic rings. The molecule has 0 aliphatic carbocycles. The minimum absolute atomic E-state index is 0.1000. The van der Waals surface area contributed by atoms with Crippen LogP contribution in [0.25, 0.3) is 0 Å². The second kappa shape index (κ2) is 6.80. The Hall–Kier alpha value is -2.01. The minimum Gasteiger partial charge on any atom is -0.384 e. The van der Waals surface area contributed by atoms with Gasteiger partial charge in [-0.25, -0.2) is 15.0 Å². The van der Waals surface area contributed by atoms with Gasteiger partial charge in [0, 0.05) is 18.6 Å². The molecule has 0 saturated heterocycles. The summed E-state index contributed by atoms with van der Waals surface area (Å²) in [7, 11) is 0. The van der Waals surface area contributed by atoms with Gasteiger partial charge in [-0.3, -0.25) is 0 Å². The number of anilines is 1. The first kappa shape index (κ1) is 13.4. The number of pyridine rings is 1. The van der Waals surface area contributed by atoms with Crippen molar-refractivity contribution in [3.05, 3.63) is 48.2 Å². The lowest BCUT2D eigenvalue weighted by atomic mass is 10.1. The van der Waals surface area contributed by atoms with Crippen LogP contribution in [0.5, 0.6) is 0 Å². The normalized spacial score (nSPS) is 12.3. The van der Waals surface area contributed by atoms with Crippen LogP contribution in [0.1, 0.15) is 30.8 Å². The van der Waals surface area contributed by atoms with Crippen LogP contribution in [-0.4, -0.2) is 21.5 Å². The van der Waals surface area contributed by atoms with Crippen molar-refractivity contribution in [2.24, 2.45) is 0 Å². The largest absolute Gasteiger partial charge is 0.384 e. The van der Waals surface area contributed by atoms with E-state index >= 15 is 0 Å². The molecule has 2 aromatic heterocycles. The van der Waals surface area contributed by atoms with Gasteiger partial charge in [0.1, 0.15) is 11.6 Å². The zero-order chi connectivity index (χ0) is 13.5. The van der Waals surface area contributed by atoms with Gasteiger partial charge in [0.2, 0.25) is 0 Å². The third-order valence-electron chi connectivity index (χ3n) is 2.82. The average molecular weight is 257 g/mol. The van der Waals surface area contributed by atoms with Gasteiger partial charge >= 0.3 is 0 Å². The van der Waals surface area contributed by atoms with Gasteiger partial charge in [0.15, 0.2) is 0 Å². The van der Waals surface area contributed by atoms with Crippen LogP contribution in [0.15, 0.2) is 36.8 Å². The summed E-state index contributed by atoms with van der Waals surface area (Å²) >= 11 is 0. The fourth-order valence-corrected chi connectivity index (χ4v) is 1.92. The van der Waals surface area contributed by atoms with Crippen LogP contribution in [0, 0.1) is 0 Å². The van der Waals surface area contributed by atoms with Gasteiger partial charge < -0.3 is 11.1 Å². The van der Waals surface area contributed by atoms with Gasteiger partial charge in [0.25, 0.3) is 0 Å². The molecule has 0 aliphatic heterocycles. The Kier molecular flexibility index (Phi) is 4.80. The van der Waals surface area contributed by atoms with Crippen molar-refractivity contribution in [3.63, 3.8) is 0 Å². The van der Waals surface area contributed by atoms with E-state index in [4.69, 9.17) is 5.73 Å². The monoisotopic (exact) mass is 257 g/mol. The van der Waals surface area contributed by atoms with Crippen molar-refractivity contribution in [1.82, 2.24) is 20.3 Å². The number of hydrogen-bond acceptors (Lipinski definition) is 5. The van der Waals surface area contributed by atoms with E-state index < -0.39 is 0 Å². The molecule has 0 fully saturated rings. The highest BCUT2D eigenvalue weighted by Crippen LogP contribution is 2.15. The second-order valence-corrected chi connectivity index (χ2v) is 4.41. The highest BCUT2D eigenvalue weighted by molar-refractivity contribution is 5.32. The molecule has 0 amide bonds. The van der Waals surface area contributed by atoms with Crippen molar-refractivity contribution in [2.45, 2.75) is 25.8 Å². The van der Waals surface area contributed by atoms with Gasteiger partial charge in [-0.2, -0.15) is 0 Å². The molecule has 5 heteroatoms. The molecular weight excluding hydrogens is 238 g/mol. The topological polar surface area (TPSA) is 76.7 Å². The Morgan fingerprint density at radius 1 is 1.21 bits per heavy atom. The lowest BCUT2D eigenvalue weighted by molar-refractivity contribution is 0.504. The van der Waals surface area contributed by atoms with Crippen LogP contribution < -0.4 is 11.1 Å². The molecule has 0 radical (unpaired) electrons. The highest BCUT2D eigenvalue weighted by atomic mass is 15.0. The predicted molar refractivity (Wildman–Crippen MR) is 75.4 cm³/mol. The van der Waals surface area contributed by atoms with Gasteiger partial charge in [0.05, 0.1) is 6.04 Å². The van der Waals surface area contributed by atoms with E-state index in [2.05, 4.69) is 27.2 Å². The first-order valence-electron chi connectivity index (χ1n) is 6.50. The van der Waals surface area contributed by atoms with E-state index in [1.54, 1.807) is 18.6 Å². The maximum Gasteiger partial charge on any atom is 0.145 e. The van der Waals surface area contributed by atoms with Crippen LogP contribution in [-0.2, 0) is 6.42 Å². The molecule has 0 aromatic carbocycles. The first-order valence-corrected chi connectivity index (χ1v) is 6.50. The standard InChI is InChI=1S/C14H19N5/c1-2-5-16-12(14-18-6-3-7-19-14)9-11-4-8-17-13(15)10-11/h3-4,6-8,10,12,16H,2,5,9H2,1H3,(H2,15,17). The van der Waals surface area contributed by atoms with Crippen LogP contribution in [0.4, 0.5) is 5.82 Å². The summed E-state index contributed by atoms with van der Waals surface area (Å²) in [6.45, 7) is 3.07. The molecule has 19 heavy (non-hydrogen) atoms. The minimum atomic E-state index is 0.1000. The number of nitrogen functional groups attached to an aromatic ring is 1. The van der Waals surface area contributed by atoms with Crippen molar-refractivity contribution >= 4 is 5.82 Å². The van der Waals surface area contributed by atoms with E-state index in [1.807, 2.05) is 18.2 Å². The smallest absolute Gasteiger partial charge is 0.145 e. The molecule has 1 atom stereocenters. The Morgan fingerprint density at radius 2 is 2.00 bits per heavy atom. The average Bonchev–Trinajstić information content (AvgIpc) is 2.44. The maximum absolute atomic E-state index is 5.71. The summed E-state index contributed by atoms with van der Waals surface area (Å²) in [5.74, 6) is 1.35. The lowest BCUT2D eigenvalue weighted by Gasteiger charge is -2.17. The Balaban J connectivity index is 2.14. The fourth-order valence-electron chi connectivity index (χ4n) is 1.92. The summed E-state index contributed by atoms with van der Waals surface area (Å²) in [5.41, 5.74) is 6.84. The lowest BCUT2D eigenvalue weighted by Crippen LogP contribution is -2.25. The third kappa shape index (κ3) is 3.99. The number of hydrogen-bond donors (Lipinski definition) is 2. The Bertz CT molecular complexity index is 500. The fraction of sp³-hybridized carbons (Fsp3) is 0.357. The van der Waals surface area contributed by atoms with Gasteiger partial charge in [-0.15, -0.1) is 0 Å². The van der Waals surface area contributed by atoms with Crippen molar-refractivity contribution < 1.29 is 0 Å². The number of nitrogens with two attached hydrogens (primary N) is 1. The van der Waals surface area contributed by atoms with Crippen molar-refractivity contribution in [1.29, 1.82) is 0 Å². The van der Waals surface area contributed by atoms with Crippen LogP contribution in [0.3, 0.4) is 0 Å². The number of nitrogens with zero attached hydrogens (tertiary/aromatic N) is 3. The zero-order valence-electron chi connectivity index (χ0n) is 11.1. The van der Waals surface area contributed by atoms with E-state index in [-0.39, 0.29) is 6.04 Å². The molecule has 1 unspecified atom stereocenters.